The van der Waals surface area contributed by atoms with E-state index in [0.717, 1.165) is 44.9 Å². The Morgan fingerprint density at radius 2 is 0.780 bits per heavy atom. The molecule has 17 unspecified atom stereocenters. The van der Waals surface area contributed by atoms with Crippen molar-refractivity contribution < 1.29 is 89.4 Å². The van der Waals surface area contributed by atoms with Gasteiger partial charge in [-0.2, -0.15) is 0 Å². The quantitative estimate of drug-likeness (QED) is 0.0218. The van der Waals surface area contributed by atoms with E-state index in [1.807, 2.05) is 6.08 Å². The molecule has 3 aliphatic heterocycles. The molecule has 0 bridgehead atoms. The minimum Gasteiger partial charge on any atom is -0.394 e. The van der Waals surface area contributed by atoms with Crippen molar-refractivity contribution in [1.82, 2.24) is 5.32 Å². The highest BCUT2D eigenvalue weighted by Crippen LogP contribution is 2.33. The molecular weight excluding hydrogens is 1060 g/mol. The number of aliphatic hydroxyl groups is 11. The standard InChI is InChI=1S/C63H115NO18/c1-3-5-7-9-11-13-15-17-19-20-21-22-23-24-25-26-27-29-31-33-35-37-39-41-51(69)64-46(47(68)40-38-36-34-32-30-28-18-16-14-12-10-8-6-4-2)45-77-61-57(75)54(72)59(49(43-66)79-61)82-63-58(76)55(73)60(50(44-67)80-63)81-62-56(74)53(71)52(70)48(42-65)78-62/h14,16,30,32,38,40,46-50,52-63,65-68,70-76H,3-13,15,17-29,31,33-37,39,41-45H2,1-2H3,(H,64,69)/b16-14+,32-30+,40-38+. The van der Waals surface area contributed by atoms with Crippen LogP contribution in [0, 0.1) is 0 Å². The van der Waals surface area contributed by atoms with Gasteiger partial charge in [0.05, 0.1) is 38.6 Å². The third kappa shape index (κ3) is 29.1. The van der Waals surface area contributed by atoms with Gasteiger partial charge in [-0.1, -0.05) is 211 Å². The van der Waals surface area contributed by atoms with Gasteiger partial charge in [0.2, 0.25) is 5.91 Å². The van der Waals surface area contributed by atoms with Gasteiger partial charge < -0.3 is 89.9 Å². The number of allylic oxidation sites excluding steroid dienone is 5. The second-order valence-electron chi connectivity index (χ2n) is 23.2. The van der Waals surface area contributed by atoms with Crippen LogP contribution < -0.4 is 5.32 Å². The van der Waals surface area contributed by atoms with E-state index in [1.54, 1.807) is 6.08 Å². The number of nitrogens with one attached hydrogen (secondary N) is 1. The minimum absolute atomic E-state index is 0.236. The SMILES string of the molecule is CCCCCC/C=C/CC/C=C/CC/C=C/C(O)C(COC1OC(CO)C(OC2OC(CO)C(OC3OC(CO)C(O)C(O)C3O)C(O)C2O)C(O)C1O)NC(=O)CCCCCCCCCCCCCCCCCCCCCCCCC. The number of rotatable bonds is 48. The zero-order valence-corrected chi connectivity index (χ0v) is 50.2. The molecule has 0 spiro atoms. The largest absolute Gasteiger partial charge is 0.394 e. The maximum atomic E-state index is 13.3. The summed E-state index contributed by atoms with van der Waals surface area (Å²) in [5, 5.41) is 120. The summed E-state index contributed by atoms with van der Waals surface area (Å²) in [5.74, 6) is -0.287. The molecule has 3 fully saturated rings. The maximum Gasteiger partial charge on any atom is 0.220 e. The van der Waals surface area contributed by atoms with Crippen LogP contribution >= 0.6 is 0 Å². The summed E-state index contributed by atoms with van der Waals surface area (Å²) in [5.41, 5.74) is 0. The van der Waals surface area contributed by atoms with Gasteiger partial charge in [-0.15, -0.1) is 0 Å². The molecule has 0 radical (unpaired) electrons. The Morgan fingerprint density at radius 3 is 1.22 bits per heavy atom. The van der Waals surface area contributed by atoms with Gasteiger partial charge in [0, 0.05) is 6.42 Å². The van der Waals surface area contributed by atoms with E-state index < -0.39 is 124 Å². The van der Waals surface area contributed by atoms with E-state index in [0.29, 0.717) is 12.8 Å². The second-order valence-corrected chi connectivity index (χ2v) is 23.2. The van der Waals surface area contributed by atoms with Crippen molar-refractivity contribution in [3.63, 3.8) is 0 Å². The lowest BCUT2D eigenvalue weighted by atomic mass is 9.96. The van der Waals surface area contributed by atoms with Gasteiger partial charge in [-0.05, 0) is 44.9 Å². The lowest BCUT2D eigenvalue weighted by molar-refractivity contribution is -0.379. The predicted octanol–water partition coefficient (Wildman–Crippen LogP) is 6.88. The molecular formula is C63H115NO18. The molecule has 1 amide bonds. The molecule has 82 heavy (non-hydrogen) atoms. The van der Waals surface area contributed by atoms with Crippen LogP contribution in [-0.4, -0.2) is 193 Å². The Balaban J connectivity index is 1.46. The molecule has 3 aliphatic rings. The van der Waals surface area contributed by atoms with E-state index in [2.05, 4.69) is 43.5 Å². The predicted molar refractivity (Wildman–Crippen MR) is 314 cm³/mol. The van der Waals surface area contributed by atoms with Crippen molar-refractivity contribution >= 4 is 5.91 Å². The zero-order chi connectivity index (χ0) is 59.7. The first kappa shape index (κ1) is 74.3. The summed E-state index contributed by atoms with van der Waals surface area (Å²) < 4.78 is 34.2. The number of unbranched alkanes of at least 4 members (excludes halogenated alkanes) is 28. The Labute approximate surface area is 491 Å². The van der Waals surface area contributed by atoms with E-state index in [-0.39, 0.29) is 18.9 Å². The smallest absolute Gasteiger partial charge is 0.220 e. The first-order valence-electron chi connectivity index (χ1n) is 32.2. The van der Waals surface area contributed by atoms with Crippen LogP contribution in [0.1, 0.15) is 226 Å². The molecule has 0 aromatic carbocycles. The van der Waals surface area contributed by atoms with Crippen LogP contribution in [0.25, 0.3) is 0 Å². The number of carbonyl (C=O) groups is 1. The average molecular weight is 1170 g/mol. The van der Waals surface area contributed by atoms with Gasteiger partial charge in [-0.25, -0.2) is 0 Å². The van der Waals surface area contributed by atoms with Crippen molar-refractivity contribution in [2.45, 2.75) is 330 Å². The van der Waals surface area contributed by atoms with Crippen LogP contribution in [0.15, 0.2) is 36.5 Å². The Morgan fingerprint density at radius 1 is 0.427 bits per heavy atom. The van der Waals surface area contributed by atoms with Gasteiger partial charge >= 0.3 is 0 Å². The summed E-state index contributed by atoms with van der Waals surface area (Å²) >= 11 is 0. The van der Waals surface area contributed by atoms with Crippen molar-refractivity contribution in [1.29, 1.82) is 0 Å². The lowest BCUT2D eigenvalue weighted by Gasteiger charge is -2.48. The molecule has 0 aliphatic carbocycles. The van der Waals surface area contributed by atoms with Gasteiger partial charge in [0.25, 0.3) is 0 Å². The molecule has 3 heterocycles. The summed E-state index contributed by atoms with van der Waals surface area (Å²) in [6, 6.07) is -0.993. The Kier molecular flexibility index (Phi) is 41.8. The summed E-state index contributed by atoms with van der Waals surface area (Å²) in [4.78, 5) is 13.3. The van der Waals surface area contributed by atoms with E-state index in [1.165, 1.54) is 148 Å². The molecule has 0 saturated carbocycles. The Bertz CT molecular complexity index is 1640. The van der Waals surface area contributed by atoms with Crippen LogP contribution in [0.5, 0.6) is 0 Å². The van der Waals surface area contributed by atoms with Crippen molar-refractivity contribution in [2.75, 3.05) is 26.4 Å². The fraction of sp³-hybridized carbons (Fsp3) is 0.889. The highest BCUT2D eigenvalue weighted by atomic mass is 16.8. The molecule has 0 aromatic rings. The van der Waals surface area contributed by atoms with Crippen LogP contribution in [-0.2, 0) is 33.2 Å². The number of hydrogen-bond donors (Lipinski definition) is 12. The summed E-state index contributed by atoms with van der Waals surface area (Å²) in [7, 11) is 0. The van der Waals surface area contributed by atoms with Crippen LogP contribution in [0.4, 0.5) is 0 Å². The monoisotopic (exact) mass is 1170 g/mol. The lowest BCUT2D eigenvalue weighted by Crippen LogP contribution is -2.66. The number of hydrogen-bond acceptors (Lipinski definition) is 18. The third-order valence-corrected chi connectivity index (χ3v) is 16.2. The molecule has 19 heteroatoms. The number of carbonyl (C=O) groups excluding carboxylic acids is 1. The van der Waals surface area contributed by atoms with Crippen LogP contribution in [0.2, 0.25) is 0 Å². The molecule has 3 rings (SSSR count). The van der Waals surface area contributed by atoms with Crippen molar-refractivity contribution in [3.05, 3.63) is 36.5 Å². The fourth-order valence-corrected chi connectivity index (χ4v) is 10.9. The number of amides is 1. The molecule has 3 saturated heterocycles. The number of ether oxygens (including phenoxy) is 6. The molecule has 12 N–H and O–H groups in total. The molecule has 19 nitrogen and oxygen atoms in total. The minimum atomic E-state index is -1.98. The highest BCUT2D eigenvalue weighted by molar-refractivity contribution is 5.76. The third-order valence-electron chi connectivity index (χ3n) is 16.2. The summed E-state index contributed by atoms with van der Waals surface area (Å²) in [6.07, 6.45) is 24.2. The maximum absolute atomic E-state index is 13.3. The molecule has 0 aromatic heterocycles. The second kappa shape index (κ2) is 46.2. The van der Waals surface area contributed by atoms with Gasteiger partial charge in [0.1, 0.15) is 73.2 Å². The number of aliphatic hydroxyl groups excluding tert-OH is 11. The van der Waals surface area contributed by atoms with E-state index >= 15 is 0 Å². The highest BCUT2D eigenvalue weighted by Gasteiger charge is 2.53. The normalized spacial score (nSPS) is 29.8. The zero-order valence-electron chi connectivity index (χ0n) is 50.2. The summed E-state index contributed by atoms with van der Waals surface area (Å²) in [6.45, 7) is 1.69. The first-order chi connectivity index (χ1) is 39.8. The van der Waals surface area contributed by atoms with Gasteiger partial charge in [-0.3, -0.25) is 4.79 Å². The topological polar surface area (TPSA) is 307 Å². The first-order valence-corrected chi connectivity index (χ1v) is 32.2. The molecule has 480 valence electrons. The van der Waals surface area contributed by atoms with Crippen LogP contribution in [0.3, 0.4) is 0 Å². The fourth-order valence-electron chi connectivity index (χ4n) is 10.9. The Hall–Kier alpha value is -1.99. The van der Waals surface area contributed by atoms with Gasteiger partial charge in [0.15, 0.2) is 18.9 Å². The van der Waals surface area contributed by atoms with E-state index in [4.69, 9.17) is 28.4 Å². The van der Waals surface area contributed by atoms with Crippen molar-refractivity contribution in [2.24, 2.45) is 0 Å². The molecule has 17 atom stereocenters. The average Bonchev–Trinajstić information content (AvgIpc) is 2.90. The van der Waals surface area contributed by atoms with E-state index in [9.17, 15) is 61.0 Å². The van der Waals surface area contributed by atoms with Crippen molar-refractivity contribution in [3.8, 4) is 0 Å².